The SMILES string of the molecule is CC(CCCNC(=O)OC(C)(C)C)CS(=O)(=O)Cl. The van der Waals surface area contributed by atoms with Crippen molar-refractivity contribution in [2.24, 2.45) is 5.92 Å². The van der Waals surface area contributed by atoms with Crippen molar-refractivity contribution in [3.63, 3.8) is 0 Å². The van der Waals surface area contributed by atoms with Crippen LogP contribution in [0.15, 0.2) is 0 Å². The van der Waals surface area contributed by atoms with Crippen LogP contribution in [0.1, 0.15) is 40.5 Å². The van der Waals surface area contributed by atoms with Crippen molar-refractivity contribution in [2.45, 2.75) is 46.1 Å². The first-order valence-corrected chi connectivity index (χ1v) is 8.36. The zero-order chi connectivity index (χ0) is 14.4. The van der Waals surface area contributed by atoms with Crippen molar-refractivity contribution in [2.75, 3.05) is 12.3 Å². The largest absolute Gasteiger partial charge is 0.444 e. The molecule has 0 rings (SSSR count). The van der Waals surface area contributed by atoms with Crippen molar-refractivity contribution in [1.82, 2.24) is 5.32 Å². The van der Waals surface area contributed by atoms with Crippen LogP contribution in [-0.4, -0.2) is 32.4 Å². The number of hydrogen-bond acceptors (Lipinski definition) is 4. The number of amides is 1. The molecule has 1 amide bonds. The fraction of sp³-hybridized carbons (Fsp3) is 0.909. The minimum Gasteiger partial charge on any atom is -0.444 e. The summed E-state index contributed by atoms with van der Waals surface area (Å²) in [5.41, 5.74) is -0.510. The first-order valence-electron chi connectivity index (χ1n) is 5.89. The minimum atomic E-state index is -3.44. The molecule has 0 aromatic carbocycles. The highest BCUT2D eigenvalue weighted by Crippen LogP contribution is 2.11. The molecule has 0 spiro atoms. The molecule has 0 aliphatic heterocycles. The van der Waals surface area contributed by atoms with Crippen molar-refractivity contribution in [3.8, 4) is 0 Å². The van der Waals surface area contributed by atoms with Gasteiger partial charge in [-0.15, -0.1) is 0 Å². The Kier molecular flexibility index (Phi) is 6.99. The molecule has 0 aliphatic carbocycles. The number of nitrogens with one attached hydrogen (secondary N) is 1. The van der Waals surface area contributed by atoms with Crippen molar-refractivity contribution >= 4 is 25.8 Å². The van der Waals surface area contributed by atoms with Crippen molar-refractivity contribution in [1.29, 1.82) is 0 Å². The standard InChI is InChI=1S/C11H22ClNO4S/c1-9(8-18(12,15)16)6-5-7-13-10(14)17-11(2,3)4/h9H,5-8H2,1-4H3,(H,13,14). The van der Waals surface area contributed by atoms with Gasteiger partial charge in [-0.1, -0.05) is 6.92 Å². The molecule has 0 heterocycles. The number of halogens is 1. The van der Waals surface area contributed by atoms with Gasteiger partial charge in [-0.05, 0) is 39.5 Å². The second-order valence-electron chi connectivity index (χ2n) is 5.38. The van der Waals surface area contributed by atoms with Crippen LogP contribution in [0.3, 0.4) is 0 Å². The van der Waals surface area contributed by atoms with Crippen molar-refractivity contribution < 1.29 is 17.9 Å². The lowest BCUT2D eigenvalue weighted by Gasteiger charge is -2.19. The van der Waals surface area contributed by atoms with Gasteiger partial charge in [-0.2, -0.15) is 0 Å². The normalized spacial score (nSPS) is 14.1. The van der Waals surface area contributed by atoms with Gasteiger partial charge in [0.25, 0.3) is 0 Å². The molecule has 0 aromatic heterocycles. The smallest absolute Gasteiger partial charge is 0.407 e. The average Bonchev–Trinajstić information content (AvgIpc) is 2.06. The van der Waals surface area contributed by atoms with Gasteiger partial charge in [0, 0.05) is 17.2 Å². The molecule has 7 heteroatoms. The predicted molar refractivity (Wildman–Crippen MR) is 72.3 cm³/mol. The summed E-state index contributed by atoms with van der Waals surface area (Å²) in [7, 11) is 1.71. The lowest BCUT2D eigenvalue weighted by molar-refractivity contribution is 0.0526. The van der Waals surface area contributed by atoms with Crippen LogP contribution in [0.4, 0.5) is 4.79 Å². The third kappa shape index (κ3) is 12.0. The Labute approximate surface area is 114 Å². The quantitative estimate of drug-likeness (QED) is 0.604. The highest BCUT2D eigenvalue weighted by molar-refractivity contribution is 8.13. The summed E-state index contributed by atoms with van der Waals surface area (Å²) in [6.07, 6.45) is 0.911. The first-order chi connectivity index (χ1) is 7.99. The maximum atomic E-state index is 11.3. The van der Waals surface area contributed by atoms with E-state index in [9.17, 15) is 13.2 Å². The van der Waals surface area contributed by atoms with E-state index in [4.69, 9.17) is 15.4 Å². The maximum Gasteiger partial charge on any atom is 0.407 e. The number of carbonyl (C=O) groups excluding carboxylic acids is 1. The van der Waals surface area contributed by atoms with Crippen molar-refractivity contribution in [3.05, 3.63) is 0 Å². The van der Waals surface area contributed by atoms with E-state index in [1.807, 2.05) is 6.92 Å². The lowest BCUT2D eigenvalue weighted by atomic mass is 10.1. The van der Waals surface area contributed by atoms with E-state index in [-0.39, 0.29) is 11.7 Å². The molecule has 0 aromatic rings. The van der Waals surface area contributed by atoms with Crippen LogP contribution >= 0.6 is 10.7 Å². The third-order valence-electron chi connectivity index (χ3n) is 2.03. The van der Waals surface area contributed by atoms with Crippen LogP contribution < -0.4 is 5.32 Å². The first kappa shape index (κ1) is 17.5. The van der Waals surface area contributed by atoms with Gasteiger partial charge in [0.1, 0.15) is 5.60 Å². The number of carbonyl (C=O) groups is 1. The zero-order valence-corrected chi connectivity index (χ0v) is 12.9. The number of hydrogen-bond donors (Lipinski definition) is 1. The molecular weight excluding hydrogens is 278 g/mol. The van der Waals surface area contributed by atoms with E-state index >= 15 is 0 Å². The predicted octanol–water partition coefficient (Wildman–Crippen LogP) is 2.50. The van der Waals surface area contributed by atoms with Gasteiger partial charge in [-0.3, -0.25) is 0 Å². The summed E-state index contributed by atoms with van der Waals surface area (Å²) in [6.45, 7) is 7.65. The Bertz CT molecular complexity index is 362. The summed E-state index contributed by atoms with van der Waals surface area (Å²) in [6, 6.07) is 0. The van der Waals surface area contributed by atoms with Crippen LogP contribution in [-0.2, 0) is 13.8 Å². The summed E-state index contributed by atoms with van der Waals surface area (Å²) in [4.78, 5) is 11.3. The van der Waals surface area contributed by atoms with Crippen LogP contribution in [0.5, 0.6) is 0 Å². The molecule has 1 atom stereocenters. The van der Waals surface area contributed by atoms with E-state index in [1.165, 1.54) is 0 Å². The third-order valence-corrected chi connectivity index (χ3v) is 3.37. The summed E-state index contributed by atoms with van der Waals surface area (Å²) < 4.78 is 26.7. The summed E-state index contributed by atoms with van der Waals surface area (Å²) >= 11 is 0. The van der Waals surface area contributed by atoms with E-state index < -0.39 is 20.7 Å². The topological polar surface area (TPSA) is 72.5 Å². The second kappa shape index (κ2) is 7.19. The van der Waals surface area contributed by atoms with Crippen LogP contribution in [0.25, 0.3) is 0 Å². The average molecular weight is 300 g/mol. The number of rotatable bonds is 6. The molecule has 0 saturated carbocycles. The Morgan fingerprint density at radius 2 is 1.94 bits per heavy atom. The molecule has 0 bridgehead atoms. The monoisotopic (exact) mass is 299 g/mol. The Balaban J connectivity index is 3.71. The fourth-order valence-electron chi connectivity index (χ4n) is 1.38. The van der Waals surface area contributed by atoms with Gasteiger partial charge >= 0.3 is 6.09 Å². The van der Waals surface area contributed by atoms with Gasteiger partial charge in [0.2, 0.25) is 9.05 Å². The molecule has 0 fully saturated rings. The molecule has 0 saturated heterocycles. The van der Waals surface area contributed by atoms with Gasteiger partial charge in [0.05, 0.1) is 5.75 Å². The fourth-order valence-corrected chi connectivity index (χ4v) is 2.87. The highest BCUT2D eigenvalue weighted by atomic mass is 35.7. The summed E-state index contributed by atoms with van der Waals surface area (Å²) in [5.74, 6) is -0.0611. The van der Waals surface area contributed by atoms with Crippen LogP contribution in [0, 0.1) is 5.92 Å². The lowest BCUT2D eigenvalue weighted by Crippen LogP contribution is -2.33. The maximum absolute atomic E-state index is 11.3. The second-order valence-corrected chi connectivity index (χ2v) is 8.20. The van der Waals surface area contributed by atoms with E-state index in [0.29, 0.717) is 19.4 Å². The molecule has 1 unspecified atom stereocenters. The Morgan fingerprint density at radius 3 is 2.39 bits per heavy atom. The van der Waals surface area contributed by atoms with Gasteiger partial charge in [0.15, 0.2) is 0 Å². The van der Waals surface area contributed by atoms with E-state index in [2.05, 4.69) is 5.32 Å². The van der Waals surface area contributed by atoms with E-state index in [0.717, 1.165) is 0 Å². The highest BCUT2D eigenvalue weighted by Gasteiger charge is 2.16. The molecule has 18 heavy (non-hydrogen) atoms. The van der Waals surface area contributed by atoms with Gasteiger partial charge < -0.3 is 10.1 Å². The zero-order valence-electron chi connectivity index (χ0n) is 11.3. The summed E-state index contributed by atoms with van der Waals surface area (Å²) in [5, 5.41) is 2.61. The molecule has 108 valence electrons. The number of ether oxygens (including phenoxy) is 1. The van der Waals surface area contributed by atoms with Crippen LogP contribution in [0.2, 0.25) is 0 Å². The molecule has 5 nitrogen and oxygen atoms in total. The Morgan fingerprint density at radius 1 is 1.39 bits per heavy atom. The van der Waals surface area contributed by atoms with E-state index in [1.54, 1.807) is 20.8 Å². The Hall–Kier alpha value is -0.490. The molecule has 0 aliphatic rings. The molecular formula is C11H22ClNO4S. The van der Waals surface area contributed by atoms with Gasteiger partial charge in [-0.25, -0.2) is 13.2 Å². The number of alkyl carbamates (subject to hydrolysis) is 1. The molecule has 0 radical (unpaired) electrons. The minimum absolute atomic E-state index is 0.0204. The molecule has 1 N–H and O–H groups in total.